The van der Waals surface area contributed by atoms with Crippen LogP contribution in [0, 0.1) is 10.1 Å². The summed E-state index contributed by atoms with van der Waals surface area (Å²) in [5, 5.41) is 11.2. The molecule has 1 aromatic rings. The first-order valence-electron chi connectivity index (χ1n) is 5.62. The maximum atomic E-state index is 11.2. The molecule has 0 unspecified atom stereocenters. The third kappa shape index (κ3) is 2.64. The predicted octanol–water partition coefficient (Wildman–Crippen LogP) is 3.74. The van der Waals surface area contributed by atoms with E-state index in [1.807, 2.05) is 27.7 Å². The second-order valence-corrected chi connectivity index (χ2v) is 5.37. The molecule has 1 rings (SSSR count). The van der Waals surface area contributed by atoms with Crippen LogP contribution in [-0.4, -0.2) is 11.2 Å². The zero-order valence-electron chi connectivity index (χ0n) is 11.1. The van der Waals surface area contributed by atoms with E-state index in [0.29, 0.717) is 11.8 Å². The number of hydrogen-bond acceptors (Lipinski definition) is 3. The molecule has 0 heterocycles. The first-order valence-corrected chi connectivity index (χ1v) is 5.62. The molecule has 0 fully saturated rings. The van der Waals surface area contributed by atoms with Gasteiger partial charge in [-0.2, -0.15) is 0 Å². The molecule has 18 heavy (non-hydrogen) atoms. The lowest BCUT2D eigenvalue weighted by molar-refractivity contribution is -0.386. The predicted molar refractivity (Wildman–Crippen MR) is 71.9 cm³/mol. The van der Waals surface area contributed by atoms with Crippen LogP contribution in [0.25, 0.3) is 5.57 Å². The van der Waals surface area contributed by atoms with E-state index in [0.717, 1.165) is 11.1 Å². The molecule has 0 aliphatic heterocycles. The van der Waals surface area contributed by atoms with E-state index in [1.54, 1.807) is 6.07 Å². The summed E-state index contributed by atoms with van der Waals surface area (Å²) >= 11 is 0. The van der Waals surface area contributed by atoms with Crippen LogP contribution in [0.4, 0.5) is 5.69 Å². The van der Waals surface area contributed by atoms with Gasteiger partial charge in [-0.05, 0) is 30.0 Å². The van der Waals surface area contributed by atoms with E-state index >= 15 is 0 Å². The molecule has 0 aromatic heterocycles. The Morgan fingerprint density at radius 3 is 2.28 bits per heavy atom. The van der Waals surface area contributed by atoms with E-state index in [1.165, 1.54) is 6.07 Å². The molecule has 1 aromatic carbocycles. The fourth-order valence-corrected chi connectivity index (χ4v) is 1.77. The fraction of sp³-hybridized carbons (Fsp3) is 0.357. The van der Waals surface area contributed by atoms with Crippen molar-refractivity contribution < 1.29 is 9.72 Å². The second-order valence-electron chi connectivity index (χ2n) is 5.37. The van der Waals surface area contributed by atoms with Crippen molar-refractivity contribution >= 4 is 17.5 Å². The minimum Gasteiger partial charge on any atom is -0.298 e. The van der Waals surface area contributed by atoms with Gasteiger partial charge in [-0.1, -0.05) is 32.9 Å². The minimum atomic E-state index is -0.494. The Kier molecular flexibility index (Phi) is 3.70. The van der Waals surface area contributed by atoms with E-state index in [-0.39, 0.29) is 11.3 Å². The zero-order chi connectivity index (χ0) is 14.1. The third-order valence-electron chi connectivity index (χ3n) is 2.75. The number of nitro groups is 1. The number of carbonyl (C=O) groups excluding carboxylic acids is 1. The van der Waals surface area contributed by atoms with Crippen LogP contribution in [0.15, 0.2) is 18.7 Å². The summed E-state index contributed by atoms with van der Waals surface area (Å²) in [6, 6.07) is 3.26. The molecule has 0 saturated heterocycles. The summed E-state index contributed by atoms with van der Waals surface area (Å²) < 4.78 is 0. The van der Waals surface area contributed by atoms with Gasteiger partial charge in [0.05, 0.1) is 10.5 Å². The number of allylic oxidation sites excluding steroid dienone is 1. The molecule has 96 valence electrons. The number of carbonyl (C=O) groups is 1. The van der Waals surface area contributed by atoms with Gasteiger partial charge in [0.1, 0.15) is 0 Å². The van der Waals surface area contributed by atoms with Crippen LogP contribution < -0.4 is 0 Å². The molecule has 0 N–H and O–H groups in total. The topological polar surface area (TPSA) is 60.2 Å². The van der Waals surface area contributed by atoms with E-state index in [4.69, 9.17) is 0 Å². The van der Waals surface area contributed by atoms with Crippen molar-refractivity contribution in [3.63, 3.8) is 0 Å². The number of nitro benzene ring substituents is 1. The lowest BCUT2D eigenvalue weighted by Gasteiger charge is -2.20. The number of benzene rings is 1. The number of aldehydes is 1. The van der Waals surface area contributed by atoms with Crippen LogP contribution in [0.3, 0.4) is 0 Å². The van der Waals surface area contributed by atoms with E-state index < -0.39 is 10.3 Å². The first-order chi connectivity index (χ1) is 8.18. The molecule has 0 radical (unpaired) electrons. The Hall–Kier alpha value is -1.97. The SMILES string of the molecule is C=C(C)c1cc(C=O)c([N+](=O)[O-])c(C(C)(C)C)c1. The lowest BCUT2D eigenvalue weighted by atomic mass is 9.83. The van der Waals surface area contributed by atoms with Crippen LogP contribution in [0.5, 0.6) is 0 Å². The van der Waals surface area contributed by atoms with Gasteiger partial charge in [-0.3, -0.25) is 14.9 Å². The molecule has 0 amide bonds. The fourth-order valence-electron chi connectivity index (χ4n) is 1.77. The molecular formula is C14H17NO3. The van der Waals surface area contributed by atoms with Crippen molar-refractivity contribution in [3.8, 4) is 0 Å². The molecule has 4 heteroatoms. The summed E-state index contributed by atoms with van der Waals surface area (Å²) in [7, 11) is 0. The normalized spacial score (nSPS) is 11.1. The summed E-state index contributed by atoms with van der Waals surface area (Å²) in [4.78, 5) is 21.7. The van der Waals surface area contributed by atoms with Gasteiger partial charge in [0.15, 0.2) is 6.29 Å². The Labute approximate surface area is 106 Å². The Morgan fingerprint density at radius 2 is 1.94 bits per heavy atom. The Balaban J connectivity index is 3.73. The highest BCUT2D eigenvalue weighted by atomic mass is 16.6. The van der Waals surface area contributed by atoms with Crippen molar-refractivity contribution in [1.29, 1.82) is 0 Å². The Morgan fingerprint density at radius 1 is 1.39 bits per heavy atom. The maximum Gasteiger partial charge on any atom is 0.283 e. The highest BCUT2D eigenvalue weighted by Crippen LogP contribution is 2.35. The molecule has 0 aliphatic rings. The number of rotatable bonds is 3. The summed E-state index contributed by atoms with van der Waals surface area (Å²) in [6.45, 7) is 11.3. The van der Waals surface area contributed by atoms with Crippen LogP contribution in [0.2, 0.25) is 0 Å². The van der Waals surface area contributed by atoms with Gasteiger partial charge >= 0.3 is 0 Å². The average Bonchev–Trinajstić information content (AvgIpc) is 2.25. The summed E-state index contributed by atoms with van der Waals surface area (Å²) in [5.41, 5.74) is 1.67. The molecule has 0 atom stereocenters. The minimum absolute atomic E-state index is 0.102. The highest BCUT2D eigenvalue weighted by molar-refractivity contribution is 5.85. The van der Waals surface area contributed by atoms with E-state index in [2.05, 4.69) is 6.58 Å². The van der Waals surface area contributed by atoms with Gasteiger partial charge < -0.3 is 0 Å². The largest absolute Gasteiger partial charge is 0.298 e. The molecule has 0 saturated carbocycles. The smallest absolute Gasteiger partial charge is 0.283 e. The molecule has 4 nitrogen and oxygen atoms in total. The van der Waals surface area contributed by atoms with Crippen molar-refractivity contribution in [3.05, 3.63) is 45.5 Å². The van der Waals surface area contributed by atoms with Crippen molar-refractivity contribution in [2.75, 3.05) is 0 Å². The van der Waals surface area contributed by atoms with Gasteiger partial charge in [0.2, 0.25) is 0 Å². The quantitative estimate of drug-likeness (QED) is 0.464. The molecule has 0 aliphatic carbocycles. The summed E-state index contributed by atoms with van der Waals surface area (Å²) in [6.07, 6.45) is 0.528. The second kappa shape index (κ2) is 4.72. The van der Waals surface area contributed by atoms with Gasteiger partial charge in [0, 0.05) is 5.56 Å². The van der Waals surface area contributed by atoms with E-state index in [9.17, 15) is 14.9 Å². The standard InChI is InChI=1S/C14H17NO3/c1-9(2)10-6-11(8-16)13(15(17)18)12(7-10)14(3,4)5/h6-8H,1H2,2-5H3. The summed E-state index contributed by atoms with van der Waals surface area (Å²) in [5.74, 6) is 0. The number of nitrogens with zero attached hydrogens (tertiary/aromatic N) is 1. The molecule has 0 bridgehead atoms. The molecule has 0 spiro atoms. The average molecular weight is 247 g/mol. The first kappa shape index (κ1) is 14.1. The zero-order valence-corrected chi connectivity index (χ0v) is 11.1. The number of hydrogen-bond donors (Lipinski definition) is 0. The van der Waals surface area contributed by atoms with Crippen molar-refractivity contribution in [1.82, 2.24) is 0 Å². The van der Waals surface area contributed by atoms with Crippen molar-refractivity contribution in [2.45, 2.75) is 33.1 Å². The third-order valence-corrected chi connectivity index (χ3v) is 2.75. The van der Waals surface area contributed by atoms with Gasteiger partial charge in [-0.25, -0.2) is 0 Å². The van der Waals surface area contributed by atoms with Crippen LogP contribution in [0.1, 0.15) is 49.2 Å². The lowest BCUT2D eigenvalue weighted by Crippen LogP contribution is -2.15. The van der Waals surface area contributed by atoms with Crippen LogP contribution in [-0.2, 0) is 5.41 Å². The molecular weight excluding hydrogens is 230 g/mol. The van der Waals surface area contributed by atoms with Crippen LogP contribution >= 0.6 is 0 Å². The van der Waals surface area contributed by atoms with Gasteiger partial charge in [-0.15, -0.1) is 0 Å². The Bertz CT molecular complexity index is 525. The van der Waals surface area contributed by atoms with Crippen molar-refractivity contribution in [2.24, 2.45) is 0 Å². The monoisotopic (exact) mass is 247 g/mol. The maximum absolute atomic E-state index is 11.2. The van der Waals surface area contributed by atoms with Gasteiger partial charge in [0.25, 0.3) is 5.69 Å². The highest BCUT2D eigenvalue weighted by Gasteiger charge is 2.28.